The molecule has 0 spiro atoms. The van der Waals surface area contributed by atoms with Crippen molar-refractivity contribution >= 4 is 23.4 Å². The SMILES string of the molecule is NC(=O)COc1ccccc1C(=O)Nc1ccc(Oc2cccc(C(N)=O)c2)nc1. The highest BCUT2D eigenvalue weighted by Crippen LogP contribution is 2.23. The van der Waals surface area contributed by atoms with Gasteiger partial charge < -0.3 is 26.3 Å². The second kappa shape index (κ2) is 9.20. The molecule has 30 heavy (non-hydrogen) atoms. The van der Waals surface area contributed by atoms with Gasteiger partial charge in [-0.25, -0.2) is 4.98 Å². The Hall–Kier alpha value is -4.40. The zero-order valence-electron chi connectivity index (χ0n) is 15.7. The van der Waals surface area contributed by atoms with E-state index < -0.39 is 17.7 Å². The van der Waals surface area contributed by atoms with Gasteiger partial charge in [0.2, 0.25) is 11.8 Å². The van der Waals surface area contributed by atoms with E-state index in [1.54, 1.807) is 54.6 Å². The number of hydrogen-bond donors (Lipinski definition) is 3. The molecule has 152 valence electrons. The molecule has 0 radical (unpaired) electrons. The summed E-state index contributed by atoms with van der Waals surface area (Å²) in [4.78, 5) is 38.8. The second-order valence-electron chi connectivity index (χ2n) is 6.08. The number of rotatable bonds is 8. The minimum Gasteiger partial charge on any atom is -0.483 e. The fourth-order valence-electron chi connectivity index (χ4n) is 2.48. The number of anilines is 1. The molecule has 3 aromatic rings. The van der Waals surface area contributed by atoms with Gasteiger partial charge in [-0.3, -0.25) is 14.4 Å². The number of nitrogens with one attached hydrogen (secondary N) is 1. The predicted octanol–water partition coefficient (Wildman–Crippen LogP) is 2.09. The maximum atomic E-state index is 12.5. The van der Waals surface area contributed by atoms with Crippen molar-refractivity contribution in [2.45, 2.75) is 0 Å². The van der Waals surface area contributed by atoms with Crippen LogP contribution in [0.3, 0.4) is 0 Å². The summed E-state index contributed by atoms with van der Waals surface area (Å²) in [5.74, 6) is -0.760. The van der Waals surface area contributed by atoms with Gasteiger partial charge in [0, 0.05) is 11.6 Å². The van der Waals surface area contributed by atoms with Crippen LogP contribution < -0.4 is 26.3 Å². The van der Waals surface area contributed by atoms with E-state index in [2.05, 4.69) is 10.3 Å². The van der Waals surface area contributed by atoms with Crippen LogP contribution in [0.1, 0.15) is 20.7 Å². The molecule has 3 amide bonds. The number of benzene rings is 2. The van der Waals surface area contributed by atoms with Crippen LogP contribution in [0.2, 0.25) is 0 Å². The summed E-state index contributed by atoms with van der Waals surface area (Å²) in [5.41, 5.74) is 11.3. The standard InChI is InChI=1S/C21H18N4O5/c22-18(26)12-29-17-7-2-1-6-16(17)21(28)25-14-8-9-19(24-11-14)30-15-5-3-4-13(10-15)20(23)27/h1-11H,12H2,(H2,22,26)(H2,23,27)(H,25,28). The number of carbonyl (C=O) groups is 3. The van der Waals surface area contributed by atoms with Gasteiger partial charge in [0.1, 0.15) is 11.5 Å². The van der Waals surface area contributed by atoms with Crippen molar-refractivity contribution in [2.24, 2.45) is 11.5 Å². The summed E-state index contributed by atoms with van der Waals surface area (Å²) >= 11 is 0. The first-order valence-electron chi connectivity index (χ1n) is 8.77. The second-order valence-corrected chi connectivity index (χ2v) is 6.08. The van der Waals surface area contributed by atoms with Gasteiger partial charge in [-0.1, -0.05) is 18.2 Å². The monoisotopic (exact) mass is 406 g/mol. The quantitative estimate of drug-likeness (QED) is 0.522. The molecule has 0 aliphatic carbocycles. The molecule has 9 heteroatoms. The van der Waals surface area contributed by atoms with Gasteiger partial charge in [-0.05, 0) is 36.4 Å². The summed E-state index contributed by atoms with van der Waals surface area (Å²) < 4.78 is 10.9. The van der Waals surface area contributed by atoms with Crippen LogP contribution in [0.15, 0.2) is 66.9 Å². The normalized spacial score (nSPS) is 10.1. The van der Waals surface area contributed by atoms with Gasteiger partial charge >= 0.3 is 0 Å². The van der Waals surface area contributed by atoms with Crippen LogP contribution >= 0.6 is 0 Å². The molecule has 2 aromatic carbocycles. The number of aromatic nitrogens is 1. The molecule has 0 saturated heterocycles. The van der Waals surface area contributed by atoms with E-state index >= 15 is 0 Å². The summed E-state index contributed by atoms with van der Waals surface area (Å²) in [7, 11) is 0. The Bertz CT molecular complexity index is 1080. The van der Waals surface area contributed by atoms with Crippen molar-refractivity contribution in [2.75, 3.05) is 11.9 Å². The van der Waals surface area contributed by atoms with Crippen LogP contribution in [0.25, 0.3) is 0 Å². The van der Waals surface area contributed by atoms with Crippen molar-refractivity contribution in [3.8, 4) is 17.4 Å². The molecular weight excluding hydrogens is 388 g/mol. The van der Waals surface area contributed by atoms with Gasteiger partial charge in [-0.2, -0.15) is 0 Å². The highest BCUT2D eigenvalue weighted by molar-refractivity contribution is 6.06. The highest BCUT2D eigenvalue weighted by Gasteiger charge is 2.13. The molecular formula is C21H18N4O5. The number of nitrogens with two attached hydrogens (primary N) is 2. The topological polar surface area (TPSA) is 147 Å². The Kier molecular flexibility index (Phi) is 6.23. The van der Waals surface area contributed by atoms with E-state index in [1.165, 1.54) is 12.3 Å². The average Bonchev–Trinajstić information content (AvgIpc) is 2.74. The van der Waals surface area contributed by atoms with E-state index in [4.69, 9.17) is 20.9 Å². The van der Waals surface area contributed by atoms with E-state index in [0.717, 1.165) is 0 Å². The molecule has 5 N–H and O–H groups in total. The Labute approximate surface area is 171 Å². The van der Waals surface area contributed by atoms with Crippen molar-refractivity contribution in [1.82, 2.24) is 4.98 Å². The minimum absolute atomic E-state index is 0.232. The maximum Gasteiger partial charge on any atom is 0.259 e. The zero-order valence-corrected chi connectivity index (χ0v) is 15.7. The summed E-state index contributed by atoms with van der Waals surface area (Å²) in [6.45, 7) is -0.338. The molecule has 1 aromatic heterocycles. The van der Waals surface area contributed by atoms with Gasteiger partial charge in [0.15, 0.2) is 6.61 Å². The molecule has 0 atom stereocenters. The Balaban J connectivity index is 1.67. The summed E-state index contributed by atoms with van der Waals surface area (Å²) in [6, 6.07) is 16.0. The van der Waals surface area contributed by atoms with E-state index in [1.807, 2.05) is 0 Å². The first-order chi connectivity index (χ1) is 14.4. The van der Waals surface area contributed by atoms with Crippen molar-refractivity contribution in [3.63, 3.8) is 0 Å². The number of primary amides is 2. The third-order valence-electron chi connectivity index (χ3n) is 3.84. The van der Waals surface area contributed by atoms with Crippen LogP contribution in [0.5, 0.6) is 17.4 Å². The Morgan fingerprint density at radius 2 is 1.77 bits per heavy atom. The van der Waals surface area contributed by atoms with Gasteiger partial charge in [-0.15, -0.1) is 0 Å². The average molecular weight is 406 g/mol. The third-order valence-corrected chi connectivity index (χ3v) is 3.84. The number of pyridine rings is 1. The first-order valence-corrected chi connectivity index (χ1v) is 8.77. The number of ether oxygens (including phenoxy) is 2. The lowest BCUT2D eigenvalue weighted by Gasteiger charge is -2.11. The molecule has 3 rings (SSSR count). The third kappa shape index (κ3) is 5.32. The lowest BCUT2D eigenvalue weighted by molar-refractivity contribution is -0.119. The molecule has 0 aliphatic rings. The lowest BCUT2D eigenvalue weighted by Crippen LogP contribution is -2.21. The highest BCUT2D eigenvalue weighted by atomic mass is 16.5. The molecule has 0 saturated carbocycles. The predicted molar refractivity (Wildman–Crippen MR) is 108 cm³/mol. The molecule has 0 aliphatic heterocycles. The number of amides is 3. The number of nitrogens with zero attached hydrogens (tertiary/aromatic N) is 1. The van der Waals surface area contributed by atoms with Crippen molar-refractivity contribution in [3.05, 3.63) is 78.0 Å². The maximum absolute atomic E-state index is 12.5. The number of hydrogen-bond acceptors (Lipinski definition) is 6. The molecule has 0 fully saturated rings. The van der Waals surface area contributed by atoms with Gasteiger partial charge in [0.05, 0.1) is 17.4 Å². The van der Waals surface area contributed by atoms with Gasteiger partial charge in [0.25, 0.3) is 11.8 Å². The van der Waals surface area contributed by atoms with E-state index in [-0.39, 0.29) is 23.8 Å². The van der Waals surface area contributed by atoms with Crippen LogP contribution in [-0.4, -0.2) is 29.3 Å². The minimum atomic E-state index is -0.647. The van der Waals surface area contributed by atoms with E-state index in [0.29, 0.717) is 17.0 Å². The van der Waals surface area contributed by atoms with Crippen LogP contribution in [0.4, 0.5) is 5.69 Å². The Morgan fingerprint density at radius 1 is 0.967 bits per heavy atom. The summed E-state index contributed by atoms with van der Waals surface area (Å²) in [5, 5.41) is 2.69. The molecule has 0 bridgehead atoms. The first kappa shape index (κ1) is 20.3. The van der Waals surface area contributed by atoms with Crippen LogP contribution in [-0.2, 0) is 4.79 Å². The lowest BCUT2D eigenvalue weighted by atomic mass is 10.2. The van der Waals surface area contributed by atoms with Crippen molar-refractivity contribution < 1.29 is 23.9 Å². The number of carbonyl (C=O) groups excluding carboxylic acids is 3. The molecule has 1 heterocycles. The van der Waals surface area contributed by atoms with Crippen molar-refractivity contribution in [1.29, 1.82) is 0 Å². The molecule has 9 nitrogen and oxygen atoms in total. The fourth-order valence-corrected chi connectivity index (χ4v) is 2.48. The fraction of sp³-hybridized carbons (Fsp3) is 0.0476. The number of para-hydroxylation sites is 1. The Morgan fingerprint density at radius 3 is 2.47 bits per heavy atom. The zero-order chi connectivity index (χ0) is 21.5. The van der Waals surface area contributed by atoms with E-state index in [9.17, 15) is 14.4 Å². The summed E-state index contributed by atoms with van der Waals surface area (Å²) in [6.07, 6.45) is 1.41. The largest absolute Gasteiger partial charge is 0.483 e. The van der Waals surface area contributed by atoms with Crippen LogP contribution in [0, 0.1) is 0 Å². The molecule has 0 unspecified atom stereocenters. The smallest absolute Gasteiger partial charge is 0.259 e.